The maximum atomic E-state index is 12.2. The normalized spacial score (nSPS) is 18.7. The number of carboxylic acid groups (broad SMARTS) is 1. The summed E-state index contributed by atoms with van der Waals surface area (Å²) in [6.07, 6.45) is 6.05. The van der Waals surface area contributed by atoms with Gasteiger partial charge in [0.25, 0.3) is 0 Å². The molecular weight excluding hydrogens is 266 g/mol. The van der Waals surface area contributed by atoms with Crippen molar-refractivity contribution in [3.63, 3.8) is 0 Å². The highest BCUT2D eigenvalue weighted by molar-refractivity contribution is 5.84. The lowest BCUT2D eigenvalue weighted by atomic mass is 9.73. The Hall–Kier alpha value is -1.84. The first-order chi connectivity index (χ1) is 10.0. The van der Waals surface area contributed by atoms with E-state index in [0.29, 0.717) is 12.0 Å². The van der Waals surface area contributed by atoms with Gasteiger partial charge in [-0.05, 0) is 23.8 Å². The lowest BCUT2D eigenvalue weighted by molar-refractivity contribution is -0.142. The van der Waals surface area contributed by atoms with Gasteiger partial charge in [0.2, 0.25) is 5.91 Å². The number of hydrogen-bond donors (Lipinski definition) is 2. The second-order valence-corrected chi connectivity index (χ2v) is 6.30. The molecule has 21 heavy (non-hydrogen) atoms. The minimum Gasteiger partial charge on any atom is -0.479 e. The van der Waals surface area contributed by atoms with Gasteiger partial charge in [0.1, 0.15) is 0 Å². The maximum absolute atomic E-state index is 12.2. The number of rotatable bonds is 5. The Balaban J connectivity index is 2.00. The topological polar surface area (TPSA) is 66.4 Å². The average molecular weight is 289 g/mol. The SMILES string of the molecule is CC1(CC(=O)N[C@H](C(=O)O)c2ccccc2)CCCCC1. The highest BCUT2D eigenvalue weighted by Crippen LogP contribution is 2.38. The first-order valence-electron chi connectivity index (χ1n) is 7.57. The largest absolute Gasteiger partial charge is 0.479 e. The van der Waals surface area contributed by atoms with Crippen LogP contribution >= 0.6 is 0 Å². The zero-order valence-electron chi connectivity index (χ0n) is 12.5. The number of amides is 1. The summed E-state index contributed by atoms with van der Waals surface area (Å²) in [6, 6.07) is 7.86. The molecule has 0 bridgehead atoms. The third-order valence-electron chi connectivity index (χ3n) is 4.33. The maximum Gasteiger partial charge on any atom is 0.330 e. The van der Waals surface area contributed by atoms with E-state index < -0.39 is 12.0 Å². The van der Waals surface area contributed by atoms with Crippen molar-refractivity contribution in [2.24, 2.45) is 5.41 Å². The minimum atomic E-state index is -1.02. The zero-order valence-corrected chi connectivity index (χ0v) is 12.5. The summed E-state index contributed by atoms with van der Waals surface area (Å²) in [5.41, 5.74) is 0.620. The van der Waals surface area contributed by atoms with E-state index >= 15 is 0 Å². The predicted octanol–water partition coefficient (Wildman–Crippen LogP) is 3.29. The Labute approximate surface area is 125 Å². The van der Waals surface area contributed by atoms with Crippen LogP contribution in [0.25, 0.3) is 0 Å². The summed E-state index contributed by atoms with van der Waals surface area (Å²) < 4.78 is 0. The number of aliphatic carboxylic acids is 1. The van der Waals surface area contributed by atoms with E-state index in [1.54, 1.807) is 24.3 Å². The third-order valence-corrected chi connectivity index (χ3v) is 4.33. The van der Waals surface area contributed by atoms with Crippen molar-refractivity contribution >= 4 is 11.9 Å². The summed E-state index contributed by atoms with van der Waals surface area (Å²) in [5, 5.41) is 12.0. The lowest BCUT2D eigenvalue weighted by Gasteiger charge is -2.33. The number of carbonyl (C=O) groups is 2. The Kier molecular flexibility index (Phi) is 4.99. The smallest absolute Gasteiger partial charge is 0.330 e. The van der Waals surface area contributed by atoms with Crippen LogP contribution in [0.4, 0.5) is 0 Å². The highest BCUT2D eigenvalue weighted by Gasteiger charge is 2.31. The van der Waals surface area contributed by atoms with Crippen LogP contribution in [0, 0.1) is 5.41 Å². The van der Waals surface area contributed by atoms with Gasteiger partial charge in [0.15, 0.2) is 6.04 Å². The monoisotopic (exact) mass is 289 g/mol. The molecule has 0 heterocycles. The second-order valence-electron chi connectivity index (χ2n) is 6.30. The molecule has 1 atom stereocenters. The molecule has 0 spiro atoms. The molecule has 1 aliphatic carbocycles. The molecule has 1 saturated carbocycles. The molecule has 0 radical (unpaired) electrons. The van der Waals surface area contributed by atoms with Gasteiger partial charge in [-0.15, -0.1) is 0 Å². The summed E-state index contributed by atoms with van der Waals surface area (Å²) in [6.45, 7) is 2.13. The van der Waals surface area contributed by atoms with E-state index in [4.69, 9.17) is 0 Å². The molecule has 114 valence electrons. The molecular formula is C17H23NO3. The van der Waals surface area contributed by atoms with Crippen LogP contribution in [0.3, 0.4) is 0 Å². The molecule has 1 aliphatic rings. The van der Waals surface area contributed by atoms with Crippen molar-refractivity contribution in [3.05, 3.63) is 35.9 Å². The van der Waals surface area contributed by atoms with Crippen LogP contribution in [-0.4, -0.2) is 17.0 Å². The standard InChI is InChI=1S/C17H23NO3/c1-17(10-6-3-7-11-17)12-14(19)18-15(16(20)21)13-8-4-2-5-9-13/h2,4-5,8-9,15H,3,6-7,10-12H2,1H3,(H,18,19)(H,20,21)/t15-/m0/s1. The number of nitrogens with one attached hydrogen (secondary N) is 1. The van der Waals surface area contributed by atoms with Crippen molar-refractivity contribution in [2.75, 3.05) is 0 Å². The van der Waals surface area contributed by atoms with E-state index in [2.05, 4.69) is 12.2 Å². The first kappa shape index (κ1) is 15.5. The van der Waals surface area contributed by atoms with Crippen LogP contribution in [0.15, 0.2) is 30.3 Å². The second kappa shape index (κ2) is 6.74. The predicted molar refractivity (Wildman–Crippen MR) is 80.8 cm³/mol. The number of hydrogen-bond acceptors (Lipinski definition) is 2. The van der Waals surface area contributed by atoms with Crippen molar-refractivity contribution < 1.29 is 14.7 Å². The van der Waals surface area contributed by atoms with Gasteiger partial charge in [0.05, 0.1) is 0 Å². The summed E-state index contributed by atoms with van der Waals surface area (Å²) >= 11 is 0. The van der Waals surface area contributed by atoms with Gasteiger partial charge in [-0.1, -0.05) is 56.5 Å². The van der Waals surface area contributed by atoms with Crippen LogP contribution in [0.1, 0.15) is 57.1 Å². The van der Waals surface area contributed by atoms with Crippen molar-refractivity contribution in [1.29, 1.82) is 0 Å². The Morgan fingerprint density at radius 3 is 2.38 bits per heavy atom. The van der Waals surface area contributed by atoms with E-state index in [-0.39, 0.29) is 11.3 Å². The fraction of sp³-hybridized carbons (Fsp3) is 0.529. The summed E-state index contributed by atoms with van der Waals surface area (Å²) in [7, 11) is 0. The molecule has 0 saturated heterocycles. The lowest BCUT2D eigenvalue weighted by Crippen LogP contribution is -2.37. The zero-order chi connectivity index (χ0) is 15.3. The minimum absolute atomic E-state index is 0.0159. The quantitative estimate of drug-likeness (QED) is 0.874. The van der Waals surface area contributed by atoms with E-state index in [1.165, 1.54) is 6.42 Å². The number of carboxylic acids is 1. The fourth-order valence-corrected chi connectivity index (χ4v) is 3.11. The van der Waals surface area contributed by atoms with Gasteiger partial charge >= 0.3 is 5.97 Å². The van der Waals surface area contributed by atoms with Gasteiger partial charge in [-0.2, -0.15) is 0 Å². The van der Waals surface area contributed by atoms with E-state index in [1.807, 2.05) is 6.07 Å². The molecule has 0 aliphatic heterocycles. The Bertz CT molecular complexity index is 492. The number of benzene rings is 1. The highest BCUT2D eigenvalue weighted by atomic mass is 16.4. The van der Waals surface area contributed by atoms with Crippen molar-refractivity contribution in [1.82, 2.24) is 5.32 Å². The van der Waals surface area contributed by atoms with E-state index in [0.717, 1.165) is 25.7 Å². The van der Waals surface area contributed by atoms with Crippen molar-refractivity contribution in [3.8, 4) is 0 Å². The molecule has 0 unspecified atom stereocenters. The molecule has 1 fully saturated rings. The molecule has 2 rings (SSSR count). The molecule has 1 amide bonds. The van der Waals surface area contributed by atoms with Gasteiger partial charge in [0, 0.05) is 6.42 Å². The van der Waals surface area contributed by atoms with Crippen LogP contribution in [0.2, 0.25) is 0 Å². The molecule has 1 aromatic carbocycles. The summed E-state index contributed by atoms with van der Waals surface area (Å²) in [4.78, 5) is 23.6. The van der Waals surface area contributed by atoms with Crippen LogP contribution in [-0.2, 0) is 9.59 Å². The third kappa shape index (κ3) is 4.31. The van der Waals surface area contributed by atoms with Gasteiger partial charge in [-0.25, -0.2) is 4.79 Å². The Morgan fingerprint density at radius 1 is 1.19 bits per heavy atom. The average Bonchev–Trinajstić information content (AvgIpc) is 2.45. The molecule has 1 aromatic rings. The van der Waals surface area contributed by atoms with Crippen LogP contribution in [0.5, 0.6) is 0 Å². The molecule has 0 aromatic heterocycles. The first-order valence-corrected chi connectivity index (χ1v) is 7.57. The number of carbonyl (C=O) groups excluding carboxylic acids is 1. The van der Waals surface area contributed by atoms with Crippen molar-refractivity contribution in [2.45, 2.75) is 51.5 Å². The Morgan fingerprint density at radius 2 is 1.81 bits per heavy atom. The van der Waals surface area contributed by atoms with Gasteiger partial charge < -0.3 is 10.4 Å². The van der Waals surface area contributed by atoms with Crippen LogP contribution < -0.4 is 5.32 Å². The van der Waals surface area contributed by atoms with E-state index in [9.17, 15) is 14.7 Å². The molecule has 4 nitrogen and oxygen atoms in total. The molecule has 4 heteroatoms. The van der Waals surface area contributed by atoms with Gasteiger partial charge in [-0.3, -0.25) is 4.79 Å². The summed E-state index contributed by atoms with van der Waals surface area (Å²) in [5.74, 6) is -1.20. The molecule has 2 N–H and O–H groups in total. The fourth-order valence-electron chi connectivity index (χ4n) is 3.11.